The highest BCUT2D eigenvalue weighted by molar-refractivity contribution is 5.66. The van der Waals surface area contributed by atoms with Gasteiger partial charge in [0, 0.05) is 13.0 Å². The van der Waals surface area contributed by atoms with Crippen molar-refractivity contribution < 1.29 is 14.6 Å². The van der Waals surface area contributed by atoms with Crippen LogP contribution in [0.25, 0.3) is 0 Å². The van der Waals surface area contributed by atoms with Crippen molar-refractivity contribution >= 4 is 5.97 Å². The number of aliphatic hydroxyl groups is 1. The summed E-state index contributed by atoms with van der Waals surface area (Å²) in [5, 5.41) is 19.7. The van der Waals surface area contributed by atoms with Crippen LogP contribution in [0, 0.1) is 45.8 Å². The third kappa shape index (κ3) is 2.85. The minimum absolute atomic E-state index is 0.144. The number of nitrogens with zero attached hydrogens (tertiary/aromatic N) is 1. The molecule has 0 saturated heterocycles. The van der Waals surface area contributed by atoms with Gasteiger partial charge in [-0.05, 0) is 85.9 Å². The Morgan fingerprint density at radius 1 is 1.26 bits per heavy atom. The fraction of sp³-hybridized carbons (Fsp3) is 0.826. The first-order valence-electron chi connectivity index (χ1n) is 10.7. The molecule has 4 fully saturated rings. The van der Waals surface area contributed by atoms with Gasteiger partial charge in [0.15, 0.2) is 0 Å². The number of hydrogen-bond acceptors (Lipinski definition) is 4. The Morgan fingerprint density at radius 2 is 2.04 bits per heavy atom. The topological polar surface area (TPSA) is 70.3 Å². The molecule has 1 N–H and O–H groups in total. The Morgan fingerprint density at radius 3 is 2.74 bits per heavy atom. The standard InChI is InChI=1S/C23H33NO3/c1-14(25)27-21-13-23(3)16(12-20(21)26)4-6-17-18-7-5-15(9-11-24)22(18,2)10-8-19(17)23/h9,16-21,26H,4-8,10,12-13H2,1-3H3/b15-9-/t16-,17-,18-,19-,20-,21-,22+,23-/m0/s1. The summed E-state index contributed by atoms with van der Waals surface area (Å²) in [6.45, 7) is 6.24. The van der Waals surface area contributed by atoms with Gasteiger partial charge in [-0.3, -0.25) is 4.79 Å². The largest absolute Gasteiger partial charge is 0.460 e. The molecule has 4 saturated carbocycles. The van der Waals surface area contributed by atoms with Crippen LogP contribution in [-0.2, 0) is 9.53 Å². The number of nitriles is 1. The highest BCUT2D eigenvalue weighted by atomic mass is 16.6. The van der Waals surface area contributed by atoms with Crippen LogP contribution in [0.2, 0.25) is 0 Å². The van der Waals surface area contributed by atoms with Crippen molar-refractivity contribution in [3.8, 4) is 6.07 Å². The van der Waals surface area contributed by atoms with Gasteiger partial charge in [0.1, 0.15) is 6.10 Å². The lowest BCUT2D eigenvalue weighted by Crippen LogP contribution is -2.56. The van der Waals surface area contributed by atoms with Crippen LogP contribution in [-0.4, -0.2) is 23.3 Å². The van der Waals surface area contributed by atoms with Crippen LogP contribution in [0.5, 0.6) is 0 Å². The summed E-state index contributed by atoms with van der Waals surface area (Å²) in [6.07, 6.45) is 9.56. The zero-order chi connectivity index (χ0) is 19.4. The van der Waals surface area contributed by atoms with Gasteiger partial charge in [0.25, 0.3) is 0 Å². The molecule has 0 aromatic heterocycles. The quantitative estimate of drug-likeness (QED) is 0.548. The monoisotopic (exact) mass is 371 g/mol. The third-order valence-electron chi connectivity index (χ3n) is 9.07. The Balaban J connectivity index is 1.61. The van der Waals surface area contributed by atoms with E-state index in [2.05, 4.69) is 19.9 Å². The van der Waals surface area contributed by atoms with Crippen LogP contribution in [0.15, 0.2) is 11.6 Å². The third-order valence-corrected chi connectivity index (χ3v) is 9.07. The molecule has 4 heteroatoms. The molecular formula is C23H33NO3. The normalized spacial score (nSPS) is 50.3. The lowest BCUT2D eigenvalue weighted by Gasteiger charge is -2.61. The molecule has 27 heavy (non-hydrogen) atoms. The van der Waals surface area contributed by atoms with E-state index in [1.807, 2.05) is 6.08 Å². The predicted molar refractivity (Wildman–Crippen MR) is 102 cm³/mol. The summed E-state index contributed by atoms with van der Waals surface area (Å²) in [7, 11) is 0. The van der Waals surface area contributed by atoms with Gasteiger partial charge in [-0.25, -0.2) is 0 Å². The van der Waals surface area contributed by atoms with Crippen molar-refractivity contribution in [3.05, 3.63) is 11.6 Å². The Hall–Kier alpha value is -1.34. The van der Waals surface area contributed by atoms with E-state index in [-0.39, 0.29) is 22.9 Å². The fourth-order valence-electron chi connectivity index (χ4n) is 7.75. The molecule has 8 atom stereocenters. The Labute approximate surface area is 163 Å². The van der Waals surface area contributed by atoms with Crippen molar-refractivity contribution in [2.24, 2.45) is 34.5 Å². The van der Waals surface area contributed by atoms with Crippen molar-refractivity contribution in [1.29, 1.82) is 5.26 Å². The average Bonchev–Trinajstić information content (AvgIpc) is 2.93. The van der Waals surface area contributed by atoms with Crippen molar-refractivity contribution in [3.63, 3.8) is 0 Å². The summed E-state index contributed by atoms with van der Waals surface area (Å²) >= 11 is 0. The van der Waals surface area contributed by atoms with Crippen LogP contribution < -0.4 is 0 Å². The zero-order valence-electron chi connectivity index (χ0n) is 16.9. The van der Waals surface area contributed by atoms with Crippen LogP contribution in [0.4, 0.5) is 0 Å². The molecule has 0 spiro atoms. The van der Waals surface area contributed by atoms with Crippen molar-refractivity contribution in [2.45, 2.75) is 84.3 Å². The second-order valence-corrected chi connectivity index (χ2v) is 10.1. The molecule has 0 bridgehead atoms. The second-order valence-electron chi connectivity index (χ2n) is 10.1. The zero-order valence-corrected chi connectivity index (χ0v) is 16.9. The van der Waals surface area contributed by atoms with Gasteiger partial charge >= 0.3 is 5.97 Å². The van der Waals surface area contributed by atoms with E-state index in [0.29, 0.717) is 23.7 Å². The smallest absolute Gasteiger partial charge is 0.302 e. The van der Waals surface area contributed by atoms with E-state index >= 15 is 0 Å². The van der Waals surface area contributed by atoms with Gasteiger partial charge < -0.3 is 9.84 Å². The van der Waals surface area contributed by atoms with Crippen LogP contribution in [0.1, 0.15) is 72.1 Å². The number of aliphatic hydroxyl groups excluding tert-OH is 1. The van der Waals surface area contributed by atoms with Gasteiger partial charge in [0.2, 0.25) is 0 Å². The highest BCUT2D eigenvalue weighted by Gasteiger charge is 2.60. The van der Waals surface area contributed by atoms with E-state index in [9.17, 15) is 15.2 Å². The molecule has 0 radical (unpaired) electrons. The highest BCUT2D eigenvalue weighted by Crippen LogP contribution is 2.67. The van der Waals surface area contributed by atoms with Crippen LogP contribution in [0.3, 0.4) is 0 Å². The van der Waals surface area contributed by atoms with Gasteiger partial charge in [-0.15, -0.1) is 0 Å². The number of carbonyl (C=O) groups is 1. The molecule has 0 aromatic rings. The maximum Gasteiger partial charge on any atom is 0.302 e. The minimum Gasteiger partial charge on any atom is -0.460 e. The first-order valence-corrected chi connectivity index (χ1v) is 10.7. The lowest BCUT2D eigenvalue weighted by atomic mass is 9.44. The maximum absolute atomic E-state index is 11.5. The number of allylic oxidation sites excluding steroid dienone is 2. The molecule has 0 unspecified atom stereocenters. The molecule has 0 aromatic carbocycles. The molecule has 4 aliphatic carbocycles. The Kier molecular flexibility index (Phi) is 4.66. The molecule has 4 rings (SSSR count). The van der Waals surface area contributed by atoms with E-state index in [4.69, 9.17) is 4.74 Å². The first-order chi connectivity index (χ1) is 12.8. The number of fused-ring (bicyclic) bond motifs is 5. The maximum atomic E-state index is 11.5. The van der Waals surface area contributed by atoms with E-state index in [1.165, 1.54) is 38.2 Å². The lowest BCUT2D eigenvalue weighted by molar-refractivity contribution is -0.180. The molecule has 4 nitrogen and oxygen atoms in total. The number of carbonyl (C=O) groups excluding carboxylic acids is 1. The number of rotatable bonds is 1. The summed E-state index contributed by atoms with van der Waals surface area (Å²) in [4.78, 5) is 11.5. The van der Waals surface area contributed by atoms with E-state index in [0.717, 1.165) is 25.7 Å². The fourth-order valence-corrected chi connectivity index (χ4v) is 7.75. The van der Waals surface area contributed by atoms with E-state index < -0.39 is 6.10 Å². The van der Waals surface area contributed by atoms with E-state index in [1.54, 1.807) is 0 Å². The number of esters is 1. The van der Waals surface area contributed by atoms with Crippen molar-refractivity contribution in [1.82, 2.24) is 0 Å². The van der Waals surface area contributed by atoms with Gasteiger partial charge in [-0.1, -0.05) is 19.4 Å². The van der Waals surface area contributed by atoms with Gasteiger partial charge in [-0.2, -0.15) is 5.26 Å². The predicted octanol–water partition coefficient (Wildman–Crippen LogP) is 4.38. The summed E-state index contributed by atoms with van der Waals surface area (Å²) in [6, 6.07) is 2.28. The second kappa shape index (κ2) is 6.62. The van der Waals surface area contributed by atoms with Crippen LogP contribution >= 0.6 is 0 Å². The first kappa shape index (κ1) is 19.0. The summed E-state index contributed by atoms with van der Waals surface area (Å²) < 4.78 is 5.52. The Bertz CT molecular complexity index is 694. The molecular weight excluding hydrogens is 338 g/mol. The number of ether oxygens (including phenoxy) is 1. The minimum atomic E-state index is -0.519. The molecule has 0 aliphatic heterocycles. The molecule has 148 valence electrons. The SMILES string of the molecule is CC(=O)O[C@H]1C[C@@]2(C)[C@@H](CC[C@@H]3[C@@H]2CC[C@]2(C)/C(=C\C#N)CC[C@@H]32)C[C@@H]1O. The molecule has 4 aliphatic rings. The number of hydrogen-bond donors (Lipinski definition) is 1. The van der Waals surface area contributed by atoms with Crippen molar-refractivity contribution in [2.75, 3.05) is 0 Å². The summed E-state index contributed by atoms with van der Waals surface area (Å²) in [5.41, 5.74) is 1.71. The summed E-state index contributed by atoms with van der Waals surface area (Å²) in [5.74, 6) is 2.25. The molecule has 0 heterocycles. The molecule has 0 amide bonds. The van der Waals surface area contributed by atoms with Gasteiger partial charge in [0.05, 0.1) is 12.2 Å². The average molecular weight is 372 g/mol.